The van der Waals surface area contributed by atoms with Crippen molar-refractivity contribution in [3.63, 3.8) is 0 Å². The highest BCUT2D eigenvalue weighted by Crippen LogP contribution is 2.31. The molecular weight excluding hydrogens is 266 g/mol. The molecule has 4 nitrogen and oxygen atoms in total. The fourth-order valence-electron chi connectivity index (χ4n) is 2.70. The molecule has 3 N–H and O–H groups in total. The molecule has 1 aromatic carbocycles. The van der Waals surface area contributed by atoms with E-state index in [1.165, 1.54) is 7.11 Å². The first-order valence-electron chi connectivity index (χ1n) is 7.57. The van der Waals surface area contributed by atoms with Gasteiger partial charge in [-0.05, 0) is 25.3 Å². The average Bonchev–Trinajstić information content (AvgIpc) is 2.50. The normalized spacial score (nSPS) is 13.7. The molecule has 0 fully saturated rings. The van der Waals surface area contributed by atoms with Crippen LogP contribution in [-0.2, 0) is 14.9 Å². The lowest BCUT2D eigenvalue weighted by atomic mass is 9.75. The van der Waals surface area contributed by atoms with E-state index in [1.54, 1.807) is 0 Å². The topological polar surface area (TPSA) is 72.5 Å². The van der Waals surface area contributed by atoms with E-state index >= 15 is 0 Å². The molecule has 0 saturated carbocycles. The minimum Gasteiger partial charge on any atom is -0.468 e. The lowest BCUT2D eigenvalue weighted by molar-refractivity contribution is -0.147. The fourth-order valence-corrected chi connectivity index (χ4v) is 2.70. The molecule has 0 amide bonds. The van der Waals surface area contributed by atoms with Gasteiger partial charge in [0, 0.05) is 13.2 Å². The van der Waals surface area contributed by atoms with E-state index in [9.17, 15) is 4.79 Å². The van der Waals surface area contributed by atoms with Crippen LogP contribution < -0.4 is 5.73 Å². The van der Waals surface area contributed by atoms with Crippen molar-refractivity contribution < 1.29 is 14.6 Å². The predicted octanol–water partition coefficient (Wildman–Crippen LogP) is 2.31. The number of aryl methyl sites for hydroxylation is 1. The minimum atomic E-state index is -0.764. The van der Waals surface area contributed by atoms with E-state index in [0.29, 0.717) is 6.42 Å². The van der Waals surface area contributed by atoms with Crippen LogP contribution in [0.15, 0.2) is 24.3 Å². The van der Waals surface area contributed by atoms with Gasteiger partial charge in [0.15, 0.2) is 0 Å². The molecule has 0 aromatic heterocycles. The van der Waals surface area contributed by atoms with Gasteiger partial charge in [0.2, 0.25) is 0 Å². The standard InChI is InChI=1S/C17H27NO3/c1-14-8-7-9-15(12-14)17(13-18,16(20)21-2)10-5-3-4-6-11-19/h7-9,12,19H,3-6,10-11,13,18H2,1-2H3. The highest BCUT2D eigenvalue weighted by Gasteiger charge is 2.39. The molecule has 118 valence electrons. The predicted molar refractivity (Wildman–Crippen MR) is 84.1 cm³/mol. The summed E-state index contributed by atoms with van der Waals surface area (Å²) in [4.78, 5) is 12.4. The molecule has 0 heterocycles. The molecule has 0 bridgehead atoms. The number of hydrogen-bond donors (Lipinski definition) is 2. The number of unbranched alkanes of at least 4 members (excludes halogenated alkanes) is 3. The summed E-state index contributed by atoms with van der Waals surface area (Å²) in [5.74, 6) is -0.266. The van der Waals surface area contributed by atoms with Gasteiger partial charge in [0.05, 0.1) is 7.11 Å². The van der Waals surface area contributed by atoms with Crippen molar-refractivity contribution in [3.8, 4) is 0 Å². The van der Waals surface area contributed by atoms with Gasteiger partial charge in [-0.1, -0.05) is 49.1 Å². The van der Waals surface area contributed by atoms with Crippen molar-refractivity contribution in [1.29, 1.82) is 0 Å². The quantitative estimate of drug-likeness (QED) is 0.541. The third-order valence-corrected chi connectivity index (χ3v) is 4.01. The van der Waals surface area contributed by atoms with E-state index < -0.39 is 5.41 Å². The molecule has 0 saturated heterocycles. The summed E-state index contributed by atoms with van der Waals surface area (Å²) in [5, 5.41) is 8.81. The smallest absolute Gasteiger partial charge is 0.317 e. The largest absolute Gasteiger partial charge is 0.468 e. The summed E-state index contributed by atoms with van der Waals surface area (Å²) in [7, 11) is 1.41. The number of methoxy groups -OCH3 is 1. The maximum atomic E-state index is 12.4. The van der Waals surface area contributed by atoms with Gasteiger partial charge < -0.3 is 15.6 Å². The minimum absolute atomic E-state index is 0.219. The Morgan fingerprint density at radius 2 is 2.00 bits per heavy atom. The van der Waals surface area contributed by atoms with Crippen LogP contribution in [0.4, 0.5) is 0 Å². The van der Waals surface area contributed by atoms with Crippen molar-refractivity contribution in [1.82, 2.24) is 0 Å². The van der Waals surface area contributed by atoms with Gasteiger partial charge in [-0.15, -0.1) is 0 Å². The summed E-state index contributed by atoms with van der Waals surface area (Å²) in [6, 6.07) is 7.91. The van der Waals surface area contributed by atoms with Crippen LogP contribution in [0.3, 0.4) is 0 Å². The number of rotatable bonds is 9. The number of benzene rings is 1. The number of carbonyl (C=O) groups excluding carboxylic acids is 1. The number of carbonyl (C=O) groups is 1. The van der Waals surface area contributed by atoms with Gasteiger partial charge in [-0.2, -0.15) is 0 Å². The van der Waals surface area contributed by atoms with E-state index in [2.05, 4.69) is 0 Å². The van der Waals surface area contributed by atoms with E-state index in [1.807, 2.05) is 31.2 Å². The molecule has 1 unspecified atom stereocenters. The van der Waals surface area contributed by atoms with Gasteiger partial charge in [0.1, 0.15) is 5.41 Å². The number of aliphatic hydroxyl groups is 1. The van der Waals surface area contributed by atoms with Crippen LogP contribution in [0.2, 0.25) is 0 Å². The lowest BCUT2D eigenvalue weighted by Crippen LogP contribution is -2.44. The number of nitrogens with two attached hydrogens (primary N) is 1. The second kappa shape index (κ2) is 8.80. The fraction of sp³-hybridized carbons (Fsp3) is 0.588. The summed E-state index contributed by atoms with van der Waals surface area (Å²) >= 11 is 0. The third-order valence-electron chi connectivity index (χ3n) is 4.01. The molecule has 0 aliphatic heterocycles. The van der Waals surface area contributed by atoms with Crippen molar-refractivity contribution in [2.75, 3.05) is 20.3 Å². The van der Waals surface area contributed by atoms with Gasteiger partial charge in [-0.3, -0.25) is 4.79 Å². The zero-order valence-electron chi connectivity index (χ0n) is 13.1. The molecule has 0 spiro atoms. The average molecular weight is 293 g/mol. The number of esters is 1. The monoisotopic (exact) mass is 293 g/mol. The second-order valence-electron chi connectivity index (χ2n) is 5.54. The zero-order chi connectivity index (χ0) is 15.7. The Kier molecular flexibility index (Phi) is 7.40. The van der Waals surface area contributed by atoms with E-state index in [4.69, 9.17) is 15.6 Å². The lowest BCUT2D eigenvalue weighted by Gasteiger charge is -2.30. The molecule has 0 aliphatic rings. The Bertz CT molecular complexity index is 447. The van der Waals surface area contributed by atoms with Crippen LogP contribution in [0.1, 0.15) is 43.2 Å². The van der Waals surface area contributed by atoms with Crippen LogP contribution in [0.25, 0.3) is 0 Å². The van der Waals surface area contributed by atoms with Crippen molar-refractivity contribution >= 4 is 5.97 Å². The Hall–Kier alpha value is -1.39. The Labute approximate surface area is 127 Å². The molecule has 0 radical (unpaired) electrons. The highest BCUT2D eigenvalue weighted by molar-refractivity contribution is 5.83. The summed E-state index contributed by atoms with van der Waals surface area (Å²) in [6.45, 7) is 2.46. The van der Waals surface area contributed by atoms with Crippen molar-refractivity contribution in [3.05, 3.63) is 35.4 Å². The molecule has 21 heavy (non-hydrogen) atoms. The van der Waals surface area contributed by atoms with Crippen molar-refractivity contribution in [2.24, 2.45) is 5.73 Å². The van der Waals surface area contributed by atoms with Crippen LogP contribution in [0.5, 0.6) is 0 Å². The first kappa shape index (κ1) is 17.7. The molecule has 0 aliphatic carbocycles. The van der Waals surface area contributed by atoms with Gasteiger partial charge >= 0.3 is 5.97 Å². The summed E-state index contributed by atoms with van der Waals surface area (Å²) in [5.41, 5.74) is 7.24. The van der Waals surface area contributed by atoms with Gasteiger partial charge in [-0.25, -0.2) is 0 Å². The van der Waals surface area contributed by atoms with Crippen molar-refractivity contribution in [2.45, 2.75) is 44.4 Å². The summed E-state index contributed by atoms with van der Waals surface area (Å²) < 4.78 is 5.02. The Balaban J connectivity index is 2.91. The molecule has 1 atom stereocenters. The maximum absolute atomic E-state index is 12.4. The molecule has 1 aromatic rings. The Morgan fingerprint density at radius 3 is 2.57 bits per heavy atom. The number of ether oxygens (including phenoxy) is 1. The SMILES string of the molecule is COC(=O)C(CN)(CCCCCCO)c1cccc(C)c1. The van der Waals surface area contributed by atoms with Crippen LogP contribution in [0, 0.1) is 6.92 Å². The Morgan fingerprint density at radius 1 is 1.29 bits per heavy atom. The van der Waals surface area contributed by atoms with Crippen LogP contribution in [-0.4, -0.2) is 31.3 Å². The zero-order valence-corrected chi connectivity index (χ0v) is 13.1. The third kappa shape index (κ3) is 4.55. The number of aliphatic hydroxyl groups excluding tert-OH is 1. The molecule has 4 heteroatoms. The van der Waals surface area contributed by atoms with Gasteiger partial charge in [0.25, 0.3) is 0 Å². The van der Waals surface area contributed by atoms with E-state index in [-0.39, 0.29) is 19.1 Å². The van der Waals surface area contributed by atoms with Crippen LogP contribution >= 0.6 is 0 Å². The highest BCUT2D eigenvalue weighted by atomic mass is 16.5. The first-order valence-corrected chi connectivity index (χ1v) is 7.57. The molecular formula is C17H27NO3. The molecule has 1 rings (SSSR count). The van der Waals surface area contributed by atoms with E-state index in [0.717, 1.165) is 36.8 Å². The second-order valence-corrected chi connectivity index (χ2v) is 5.54. The number of hydrogen-bond acceptors (Lipinski definition) is 4. The first-order chi connectivity index (χ1) is 10.1. The summed E-state index contributed by atoms with van der Waals surface area (Å²) in [6.07, 6.45) is 4.31. The maximum Gasteiger partial charge on any atom is 0.317 e.